The lowest BCUT2D eigenvalue weighted by molar-refractivity contribution is -0.142. The number of aromatic nitrogens is 2. The molecule has 2 aromatic carbocycles. The quantitative estimate of drug-likeness (QED) is 0.146. The molecule has 218 valence electrons. The first-order valence-corrected chi connectivity index (χ1v) is 14.6. The fourth-order valence-corrected chi connectivity index (χ4v) is 4.63. The Bertz CT molecular complexity index is 1260. The molecule has 7 N–H and O–H groups in total. The standard InChI is InChI=1S/C29H36N6O5S/c1-41-13-12-23(27(37)35-25(29(39)40)15-20-10-6-3-7-11-20)33-28(38)24(14-19-8-4-2-5-9-19)34-26(36)22(30)16-21-17-31-18-32-21/h2-11,17-18,22-25H,12-16,30H2,1H3,(H,31,32)(H,33,38)(H,34,36)(H,35,37)(H,39,40). The van der Waals surface area contributed by atoms with Crippen LogP contribution in [0.2, 0.25) is 0 Å². The van der Waals surface area contributed by atoms with E-state index >= 15 is 0 Å². The molecule has 0 radical (unpaired) electrons. The zero-order valence-electron chi connectivity index (χ0n) is 22.8. The fourth-order valence-electron chi connectivity index (χ4n) is 4.16. The van der Waals surface area contributed by atoms with Gasteiger partial charge in [0.25, 0.3) is 0 Å². The Morgan fingerprint density at radius 2 is 1.37 bits per heavy atom. The van der Waals surface area contributed by atoms with Crippen molar-refractivity contribution in [1.29, 1.82) is 0 Å². The molecule has 0 aliphatic heterocycles. The van der Waals surface area contributed by atoms with Crippen LogP contribution in [-0.2, 0) is 38.4 Å². The van der Waals surface area contributed by atoms with Crippen molar-refractivity contribution in [3.8, 4) is 0 Å². The molecule has 0 bridgehead atoms. The Morgan fingerprint density at radius 1 is 0.829 bits per heavy atom. The summed E-state index contributed by atoms with van der Waals surface area (Å²) in [5, 5.41) is 17.8. The Balaban J connectivity index is 1.74. The molecule has 4 atom stereocenters. The lowest BCUT2D eigenvalue weighted by Gasteiger charge is -2.25. The molecule has 0 aliphatic rings. The van der Waals surface area contributed by atoms with E-state index in [1.54, 1.807) is 30.5 Å². The van der Waals surface area contributed by atoms with Gasteiger partial charge < -0.3 is 31.8 Å². The highest BCUT2D eigenvalue weighted by Gasteiger charge is 2.30. The lowest BCUT2D eigenvalue weighted by Crippen LogP contribution is -2.58. The average Bonchev–Trinajstić information content (AvgIpc) is 3.48. The van der Waals surface area contributed by atoms with Gasteiger partial charge in [0.05, 0.1) is 12.4 Å². The summed E-state index contributed by atoms with van der Waals surface area (Å²) in [6.45, 7) is 0. The van der Waals surface area contributed by atoms with Crippen molar-refractivity contribution < 1.29 is 24.3 Å². The van der Waals surface area contributed by atoms with Crippen molar-refractivity contribution in [3.05, 3.63) is 90.0 Å². The number of benzene rings is 2. The summed E-state index contributed by atoms with van der Waals surface area (Å²) < 4.78 is 0. The zero-order chi connectivity index (χ0) is 29.6. The maximum absolute atomic E-state index is 13.5. The second kappa shape index (κ2) is 16.2. The number of carboxylic acids is 1. The second-order valence-corrected chi connectivity index (χ2v) is 10.6. The number of carboxylic acid groups (broad SMARTS) is 1. The van der Waals surface area contributed by atoms with Crippen molar-refractivity contribution in [2.24, 2.45) is 5.73 Å². The minimum absolute atomic E-state index is 0.0893. The van der Waals surface area contributed by atoms with Gasteiger partial charge in [0.1, 0.15) is 18.1 Å². The zero-order valence-corrected chi connectivity index (χ0v) is 23.6. The van der Waals surface area contributed by atoms with Gasteiger partial charge in [0.15, 0.2) is 0 Å². The van der Waals surface area contributed by atoms with E-state index in [4.69, 9.17) is 5.73 Å². The van der Waals surface area contributed by atoms with Crippen molar-refractivity contribution in [1.82, 2.24) is 25.9 Å². The number of carbonyl (C=O) groups excluding carboxylic acids is 3. The SMILES string of the molecule is CSCCC(NC(=O)C(Cc1ccccc1)NC(=O)C(N)Cc1cnc[nH]1)C(=O)NC(Cc1ccccc1)C(=O)O. The van der Waals surface area contributed by atoms with E-state index in [0.29, 0.717) is 11.4 Å². The Labute approximate surface area is 243 Å². The van der Waals surface area contributed by atoms with E-state index in [0.717, 1.165) is 11.1 Å². The number of aliphatic carboxylic acids is 1. The topological polar surface area (TPSA) is 179 Å². The molecule has 1 aromatic heterocycles. The molecule has 1 heterocycles. The molecular weight excluding hydrogens is 544 g/mol. The smallest absolute Gasteiger partial charge is 0.326 e. The average molecular weight is 581 g/mol. The first kappa shape index (κ1) is 31.4. The van der Waals surface area contributed by atoms with Gasteiger partial charge in [-0.3, -0.25) is 14.4 Å². The largest absolute Gasteiger partial charge is 0.480 e. The van der Waals surface area contributed by atoms with E-state index in [-0.39, 0.29) is 25.7 Å². The Kier molecular flexibility index (Phi) is 12.4. The molecule has 0 spiro atoms. The fraction of sp³-hybridized carbons (Fsp3) is 0.345. The van der Waals surface area contributed by atoms with Crippen LogP contribution in [0.4, 0.5) is 0 Å². The van der Waals surface area contributed by atoms with Crippen LogP contribution < -0.4 is 21.7 Å². The van der Waals surface area contributed by atoms with Crippen molar-refractivity contribution >= 4 is 35.5 Å². The van der Waals surface area contributed by atoms with Gasteiger partial charge in [-0.1, -0.05) is 60.7 Å². The number of amides is 3. The van der Waals surface area contributed by atoms with Gasteiger partial charge >= 0.3 is 5.97 Å². The summed E-state index contributed by atoms with van der Waals surface area (Å²) in [7, 11) is 0. The Morgan fingerprint density at radius 3 is 1.90 bits per heavy atom. The predicted octanol–water partition coefficient (Wildman–Crippen LogP) is 1.06. The third kappa shape index (κ3) is 10.4. The normalized spacial score (nSPS) is 13.8. The number of hydrogen-bond acceptors (Lipinski definition) is 7. The van der Waals surface area contributed by atoms with Crippen molar-refractivity contribution in [3.63, 3.8) is 0 Å². The summed E-state index contributed by atoms with van der Waals surface area (Å²) in [4.78, 5) is 58.5. The van der Waals surface area contributed by atoms with Crippen molar-refractivity contribution in [2.45, 2.75) is 49.9 Å². The van der Waals surface area contributed by atoms with Crippen LogP contribution >= 0.6 is 11.8 Å². The van der Waals surface area contributed by atoms with Gasteiger partial charge in [-0.15, -0.1) is 0 Å². The summed E-state index contributed by atoms with van der Waals surface area (Å²) in [6, 6.07) is 14.0. The number of hydrogen-bond donors (Lipinski definition) is 6. The number of nitrogens with two attached hydrogens (primary N) is 1. The second-order valence-electron chi connectivity index (χ2n) is 9.57. The number of imidazole rings is 1. The Hall–Kier alpha value is -4.16. The number of nitrogens with zero attached hydrogens (tertiary/aromatic N) is 1. The molecule has 3 amide bonds. The van der Waals surface area contributed by atoms with Gasteiger partial charge in [-0.2, -0.15) is 11.8 Å². The number of thioether (sulfide) groups is 1. The first-order chi connectivity index (χ1) is 19.8. The molecule has 0 saturated heterocycles. The van der Waals surface area contributed by atoms with E-state index in [1.165, 1.54) is 18.1 Å². The molecule has 41 heavy (non-hydrogen) atoms. The molecule has 11 nitrogen and oxygen atoms in total. The van der Waals surface area contributed by atoms with Crippen LogP contribution in [0.1, 0.15) is 23.2 Å². The molecular formula is C29H36N6O5S. The van der Waals surface area contributed by atoms with E-state index in [9.17, 15) is 24.3 Å². The molecule has 3 rings (SSSR count). The van der Waals surface area contributed by atoms with Gasteiger partial charge in [0.2, 0.25) is 17.7 Å². The molecule has 12 heteroatoms. The predicted molar refractivity (Wildman–Crippen MR) is 157 cm³/mol. The van der Waals surface area contributed by atoms with Crippen molar-refractivity contribution in [2.75, 3.05) is 12.0 Å². The number of H-pyrrole nitrogens is 1. The summed E-state index contributed by atoms with van der Waals surface area (Å²) in [6.07, 6.45) is 5.64. The summed E-state index contributed by atoms with van der Waals surface area (Å²) in [5.41, 5.74) is 8.32. The minimum atomic E-state index is -1.18. The van der Waals surface area contributed by atoms with Crippen LogP contribution in [-0.4, -0.2) is 74.9 Å². The number of aromatic amines is 1. The minimum Gasteiger partial charge on any atom is -0.480 e. The number of nitrogens with one attached hydrogen (secondary N) is 4. The van der Waals surface area contributed by atoms with Crippen LogP contribution in [0.5, 0.6) is 0 Å². The molecule has 0 aliphatic carbocycles. The molecule has 3 aromatic rings. The number of rotatable bonds is 16. The third-order valence-electron chi connectivity index (χ3n) is 6.39. The van der Waals surface area contributed by atoms with E-state index in [2.05, 4.69) is 25.9 Å². The maximum Gasteiger partial charge on any atom is 0.326 e. The lowest BCUT2D eigenvalue weighted by atomic mass is 10.0. The van der Waals surface area contributed by atoms with Gasteiger partial charge in [-0.05, 0) is 29.6 Å². The maximum atomic E-state index is 13.5. The van der Waals surface area contributed by atoms with E-state index in [1.807, 2.05) is 42.7 Å². The van der Waals surface area contributed by atoms with Gasteiger partial charge in [0, 0.05) is 31.2 Å². The number of carbonyl (C=O) groups is 4. The van der Waals surface area contributed by atoms with Gasteiger partial charge in [-0.25, -0.2) is 9.78 Å². The van der Waals surface area contributed by atoms with Crippen LogP contribution in [0.3, 0.4) is 0 Å². The summed E-state index contributed by atoms with van der Waals surface area (Å²) >= 11 is 1.49. The van der Waals surface area contributed by atoms with Crippen LogP contribution in [0.25, 0.3) is 0 Å². The monoisotopic (exact) mass is 580 g/mol. The summed E-state index contributed by atoms with van der Waals surface area (Å²) in [5.74, 6) is -2.37. The molecule has 4 unspecified atom stereocenters. The molecule has 0 saturated carbocycles. The van der Waals surface area contributed by atoms with Crippen LogP contribution in [0.15, 0.2) is 73.2 Å². The highest BCUT2D eigenvalue weighted by molar-refractivity contribution is 7.98. The highest BCUT2D eigenvalue weighted by Crippen LogP contribution is 2.09. The highest BCUT2D eigenvalue weighted by atomic mass is 32.2. The van der Waals surface area contributed by atoms with Crippen LogP contribution in [0, 0.1) is 0 Å². The molecule has 0 fully saturated rings. The third-order valence-corrected chi connectivity index (χ3v) is 7.03. The van der Waals surface area contributed by atoms with E-state index < -0.39 is 47.9 Å². The first-order valence-electron chi connectivity index (χ1n) is 13.2.